The lowest BCUT2D eigenvalue weighted by molar-refractivity contribution is -0.113. The van der Waals surface area contributed by atoms with Gasteiger partial charge in [0.1, 0.15) is 12.2 Å². The first-order chi connectivity index (χ1) is 13.6. The smallest absolute Gasteiger partial charge is 0.231 e. The van der Waals surface area contributed by atoms with Crippen LogP contribution in [0.5, 0.6) is 23.0 Å². The van der Waals surface area contributed by atoms with Gasteiger partial charge in [-0.15, -0.1) is 0 Å². The highest BCUT2D eigenvalue weighted by atomic mass is 16.7. The monoisotopic (exact) mass is 386 g/mol. The van der Waals surface area contributed by atoms with E-state index >= 15 is 0 Å². The van der Waals surface area contributed by atoms with Gasteiger partial charge < -0.3 is 38.6 Å². The highest BCUT2D eigenvalue weighted by molar-refractivity contribution is 5.48. The molecule has 0 radical (unpaired) electrons. The summed E-state index contributed by atoms with van der Waals surface area (Å²) >= 11 is 0. The number of fused-ring (bicyclic) bond motifs is 3. The first kappa shape index (κ1) is 16.4. The second-order valence-electron chi connectivity index (χ2n) is 7.46. The van der Waals surface area contributed by atoms with Gasteiger partial charge in [0, 0.05) is 0 Å². The Morgan fingerprint density at radius 1 is 0.643 bits per heavy atom. The van der Waals surface area contributed by atoms with Crippen LogP contribution in [0.4, 0.5) is 0 Å². The van der Waals surface area contributed by atoms with Gasteiger partial charge in [-0.2, -0.15) is 0 Å². The molecule has 2 aromatic carbocycles. The lowest BCUT2D eigenvalue weighted by Gasteiger charge is -2.34. The minimum atomic E-state index is -1.61. The summed E-state index contributed by atoms with van der Waals surface area (Å²) in [6.45, 7) is 0.186. The van der Waals surface area contributed by atoms with Crippen LogP contribution in [0.1, 0.15) is 23.3 Å². The molecule has 2 aromatic rings. The van der Waals surface area contributed by atoms with Crippen LogP contribution >= 0.6 is 0 Å². The van der Waals surface area contributed by atoms with E-state index in [1.807, 2.05) is 0 Å². The molecule has 8 heteroatoms. The summed E-state index contributed by atoms with van der Waals surface area (Å²) < 4.78 is 33.3. The first-order valence-corrected chi connectivity index (χ1v) is 9.06. The Bertz CT molecular complexity index is 884. The van der Waals surface area contributed by atoms with E-state index < -0.39 is 23.4 Å². The normalized spacial score (nSPS) is 34.6. The second kappa shape index (κ2) is 5.51. The lowest BCUT2D eigenvalue weighted by atomic mass is 9.77. The number of ether oxygens (including phenoxy) is 6. The molecule has 0 saturated carbocycles. The third-order valence-electron chi connectivity index (χ3n) is 5.96. The van der Waals surface area contributed by atoms with Crippen LogP contribution in [-0.4, -0.2) is 48.2 Å². The summed E-state index contributed by atoms with van der Waals surface area (Å²) in [4.78, 5) is 0. The maximum absolute atomic E-state index is 11.4. The average molecular weight is 386 g/mol. The quantitative estimate of drug-likeness (QED) is 0.801. The molecule has 8 nitrogen and oxygen atoms in total. The van der Waals surface area contributed by atoms with E-state index in [0.717, 1.165) is 0 Å². The van der Waals surface area contributed by atoms with Crippen LogP contribution in [0.25, 0.3) is 0 Å². The number of rotatable bonds is 2. The molecule has 0 unspecified atom stereocenters. The molecule has 4 aliphatic heterocycles. The molecule has 6 rings (SSSR count). The molecule has 0 spiro atoms. The Kier molecular flexibility index (Phi) is 3.24. The van der Waals surface area contributed by atoms with E-state index in [1.165, 1.54) is 0 Å². The van der Waals surface area contributed by atoms with Crippen molar-refractivity contribution in [1.29, 1.82) is 0 Å². The molecule has 146 valence electrons. The van der Waals surface area contributed by atoms with Crippen molar-refractivity contribution in [2.75, 3.05) is 26.8 Å². The van der Waals surface area contributed by atoms with Gasteiger partial charge in [0.15, 0.2) is 34.2 Å². The molecule has 2 N–H and O–H groups in total. The largest absolute Gasteiger partial charge is 0.454 e. The summed E-state index contributed by atoms with van der Waals surface area (Å²) in [7, 11) is 0. The van der Waals surface area contributed by atoms with E-state index in [4.69, 9.17) is 28.4 Å². The Labute approximate surface area is 160 Å². The molecule has 0 aliphatic carbocycles. The minimum Gasteiger partial charge on any atom is -0.454 e. The number of hydrogen-bond donors (Lipinski definition) is 2. The predicted octanol–water partition coefficient (Wildman–Crippen LogP) is 1.45. The molecule has 0 aromatic heterocycles. The van der Waals surface area contributed by atoms with Crippen molar-refractivity contribution >= 4 is 0 Å². The molecule has 28 heavy (non-hydrogen) atoms. The summed E-state index contributed by atoms with van der Waals surface area (Å²) in [6.07, 6.45) is -1.52. The van der Waals surface area contributed by atoms with E-state index in [1.54, 1.807) is 36.4 Å². The minimum absolute atomic E-state index is 0.0677. The van der Waals surface area contributed by atoms with Crippen molar-refractivity contribution < 1.29 is 38.6 Å². The van der Waals surface area contributed by atoms with Crippen molar-refractivity contribution in [2.24, 2.45) is 0 Å². The summed E-state index contributed by atoms with van der Waals surface area (Å²) in [5, 5.41) is 22.9. The van der Waals surface area contributed by atoms with Gasteiger partial charge in [0.25, 0.3) is 0 Å². The molecular formula is C20H18O8. The van der Waals surface area contributed by atoms with Crippen molar-refractivity contribution in [3.05, 3.63) is 47.5 Å². The molecule has 0 amide bonds. The Balaban J connectivity index is 1.35. The first-order valence-electron chi connectivity index (χ1n) is 9.06. The fraction of sp³-hybridized carbons (Fsp3) is 0.400. The number of hydrogen-bond acceptors (Lipinski definition) is 8. The van der Waals surface area contributed by atoms with Crippen molar-refractivity contribution in [2.45, 2.75) is 23.4 Å². The van der Waals surface area contributed by atoms with E-state index in [9.17, 15) is 10.2 Å². The van der Waals surface area contributed by atoms with Gasteiger partial charge in [0.2, 0.25) is 13.6 Å². The molecular weight excluding hydrogens is 368 g/mol. The third-order valence-corrected chi connectivity index (χ3v) is 5.96. The number of aliphatic hydroxyl groups is 2. The lowest BCUT2D eigenvalue weighted by Crippen LogP contribution is -2.54. The van der Waals surface area contributed by atoms with Crippen molar-refractivity contribution in [3.63, 3.8) is 0 Å². The van der Waals surface area contributed by atoms with Crippen LogP contribution < -0.4 is 18.9 Å². The summed E-state index contributed by atoms with van der Waals surface area (Å²) in [5.41, 5.74) is -1.83. The maximum atomic E-state index is 11.4. The van der Waals surface area contributed by atoms with Crippen LogP contribution in [0.3, 0.4) is 0 Å². The van der Waals surface area contributed by atoms with Crippen LogP contribution in [0.15, 0.2) is 36.4 Å². The van der Waals surface area contributed by atoms with Crippen LogP contribution in [0.2, 0.25) is 0 Å². The van der Waals surface area contributed by atoms with Gasteiger partial charge in [0.05, 0.1) is 13.2 Å². The van der Waals surface area contributed by atoms with E-state index in [-0.39, 0.29) is 26.8 Å². The summed E-state index contributed by atoms with van der Waals surface area (Å²) in [5.74, 6) is 2.47. The second-order valence-corrected chi connectivity index (χ2v) is 7.46. The topological polar surface area (TPSA) is 95.8 Å². The Hall–Kier alpha value is -2.52. The van der Waals surface area contributed by atoms with Crippen molar-refractivity contribution in [3.8, 4) is 23.0 Å². The highest BCUT2D eigenvalue weighted by Crippen LogP contribution is 2.56. The average Bonchev–Trinajstić information content (AvgIpc) is 3.43. The molecule has 2 saturated heterocycles. The van der Waals surface area contributed by atoms with Gasteiger partial charge in [-0.1, -0.05) is 12.1 Å². The molecule has 4 aliphatic rings. The Morgan fingerprint density at radius 3 is 1.54 bits per heavy atom. The number of benzene rings is 2. The molecule has 2 fully saturated rings. The molecule has 0 bridgehead atoms. The summed E-state index contributed by atoms with van der Waals surface area (Å²) in [6, 6.07) is 10.7. The standard InChI is InChI=1S/C20H18O8/c21-19-7-24-18(12-2-4-14-16(6-12)28-10-26-14)20(19,22)8-23-17(19)11-1-3-13-15(5-11)27-9-25-13/h1-6,17-18,21-22H,7-10H2/t17-,18+,19-,20-/m0/s1. The predicted molar refractivity (Wildman–Crippen MR) is 92.4 cm³/mol. The third kappa shape index (κ3) is 2.03. The zero-order valence-corrected chi connectivity index (χ0v) is 14.8. The highest BCUT2D eigenvalue weighted by Gasteiger charge is 2.69. The zero-order valence-electron chi connectivity index (χ0n) is 14.8. The van der Waals surface area contributed by atoms with E-state index in [0.29, 0.717) is 34.1 Å². The molecule has 4 atom stereocenters. The molecule has 4 heterocycles. The van der Waals surface area contributed by atoms with Gasteiger partial charge in [-0.3, -0.25) is 0 Å². The van der Waals surface area contributed by atoms with Gasteiger partial charge in [-0.05, 0) is 35.4 Å². The maximum Gasteiger partial charge on any atom is 0.231 e. The van der Waals surface area contributed by atoms with E-state index in [2.05, 4.69) is 0 Å². The van der Waals surface area contributed by atoms with Crippen molar-refractivity contribution in [1.82, 2.24) is 0 Å². The van der Waals surface area contributed by atoms with Gasteiger partial charge in [-0.25, -0.2) is 0 Å². The fourth-order valence-electron chi connectivity index (χ4n) is 4.45. The van der Waals surface area contributed by atoms with Gasteiger partial charge >= 0.3 is 0 Å². The SMILES string of the molecule is O[C@]12CO[C@@H](c3ccc4c(c3)OCO4)[C@@]1(O)CO[C@@H]2c1ccc2c(c1)OCO2. The van der Waals surface area contributed by atoms with Crippen LogP contribution in [0, 0.1) is 0 Å². The van der Waals surface area contributed by atoms with Crippen LogP contribution in [-0.2, 0) is 9.47 Å². The fourth-order valence-corrected chi connectivity index (χ4v) is 4.45. The Morgan fingerprint density at radius 2 is 1.07 bits per heavy atom. The zero-order chi connectivity index (χ0) is 18.9.